The molecular formula is C16H22N2O4S. The number of hydrogen-bond donors (Lipinski definition) is 2. The van der Waals surface area contributed by atoms with Gasteiger partial charge in [0.25, 0.3) is 5.91 Å². The molecular weight excluding hydrogens is 316 g/mol. The van der Waals surface area contributed by atoms with E-state index in [2.05, 4.69) is 10.8 Å². The number of carbonyl (C=O) groups is 1. The van der Waals surface area contributed by atoms with Gasteiger partial charge in [-0.05, 0) is 50.3 Å². The zero-order chi connectivity index (χ0) is 16.9. The smallest absolute Gasteiger partial charge is 0.252 e. The van der Waals surface area contributed by atoms with Gasteiger partial charge < -0.3 is 10.5 Å². The van der Waals surface area contributed by atoms with Crippen LogP contribution in [0.1, 0.15) is 42.5 Å². The SMILES string of the molecule is COc1ccc(S(=O)(=O)NCCC2=CCCCC2)cc1C(N)=O. The number of methoxy groups -OCH3 is 1. The third kappa shape index (κ3) is 4.56. The molecule has 1 aromatic carbocycles. The first kappa shape index (κ1) is 17.5. The van der Waals surface area contributed by atoms with Gasteiger partial charge in [0.2, 0.25) is 10.0 Å². The molecule has 1 aliphatic rings. The third-order valence-electron chi connectivity index (χ3n) is 3.87. The molecule has 0 atom stereocenters. The normalized spacial score (nSPS) is 15.1. The number of sulfonamides is 1. The number of carbonyl (C=O) groups excluding carboxylic acids is 1. The maximum absolute atomic E-state index is 12.3. The van der Waals surface area contributed by atoms with Crippen LogP contribution < -0.4 is 15.2 Å². The van der Waals surface area contributed by atoms with Gasteiger partial charge in [0, 0.05) is 6.54 Å². The van der Waals surface area contributed by atoms with Crippen LogP contribution in [0.4, 0.5) is 0 Å². The summed E-state index contributed by atoms with van der Waals surface area (Å²) in [5.41, 5.74) is 6.60. The van der Waals surface area contributed by atoms with Gasteiger partial charge in [-0.25, -0.2) is 13.1 Å². The molecule has 7 heteroatoms. The molecule has 3 N–H and O–H groups in total. The van der Waals surface area contributed by atoms with Gasteiger partial charge in [0.15, 0.2) is 0 Å². The van der Waals surface area contributed by atoms with Crippen LogP contribution >= 0.6 is 0 Å². The second-order valence-corrected chi connectivity index (χ2v) is 7.25. The summed E-state index contributed by atoms with van der Waals surface area (Å²) in [5.74, 6) is -0.477. The lowest BCUT2D eigenvalue weighted by atomic mass is 9.97. The molecule has 0 fully saturated rings. The second kappa shape index (κ2) is 7.61. The summed E-state index contributed by atoms with van der Waals surface area (Å²) in [6.45, 7) is 0.339. The monoisotopic (exact) mass is 338 g/mol. The zero-order valence-corrected chi connectivity index (χ0v) is 14.0. The summed E-state index contributed by atoms with van der Waals surface area (Å²) in [6.07, 6.45) is 7.38. The minimum atomic E-state index is -3.68. The summed E-state index contributed by atoms with van der Waals surface area (Å²) >= 11 is 0. The van der Waals surface area contributed by atoms with Gasteiger partial charge in [-0.15, -0.1) is 0 Å². The molecule has 0 radical (unpaired) electrons. The Balaban J connectivity index is 2.08. The molecule has 6 nitrogen and oxygen atoms in total. The Kier molecular flexibility index (Phi) is 5.79. The number of nitrogens with two attached hydrogens (primary N) is 1. The van der Waals surface area contributed by atoms with E-state index in [0.29, 0.717) is 13.0 Å². The van der Waals surface area contributed by atoms with Crippen LogP contribution in [0, 0.1) is 0 Å². The molecule has 1 aliphatic carbocycles. The number of ether oxygens (including phenoxy) is 1. The lowest BCUT2D eigenvalue weighted by molar-refractivity contribution is 0.0997. The molecule has 0 aromatic heterocycles. The summed E-state index contributed by atoms with van der Waals surface area (Å²) in [6, 6.07) is 4.06. The molecule has 0 saturated heterocycles. The first-order valence-electron chi connectivity index (χ1n) is 7.59. The van der Waals surface area contributed by atoms with Gasteiger partial charge >= 0.3 is 0 Å². The Labute approximate surface area is 136 Å². The Hall–Kier alpha value is -1.86. The first-order chi connectivity index (χ1) is 10.9. The van der Waals surface area contributed by atoms with Gasteiger partial charge in [0.1, 0.15) is 5.75 Å². The predicted octanol–water partition coefficient (Wildman–Crippen LogP) is 1.96. The van der Waals surface area contributed by atoms with Crippen molar-refractivity contribution in [2.24, 2.45) is 5.73 Å². The number of nitrogens with one attached hydrogen (secondary N) is 1. The van der Waals surface area contributed by atoms with Gasteiger partial charge in [-0.2, -0.15) is 0 Å². The van der Waals surface area contributed by atoms with Crippen molar-refractivity contribution in [3.05, 3.63) is 35.4 Å². The zero-order valence-electron chi connectivity index (χ0n) is 13.2. The molecule has 0 aliphatic heterocycles. The van der Waals surface area contributed by atoms with Crippen molar-refractivity contribution >= 4 is 15.9 Å². The van der Waals surface area contributed by atoms with E-state index in [4.69, 9.17) is 10.5 Å². The van der Waals surface area contributed by atoms with Crippen molar-refractivity contribution in [1.82, 2.24) is 4.72 Å². The Morgan fingerprint density at radius 3 is 2.74 bits per heavy atom. The van der Waals surface area contributed by atoms with Crippen LogP contribution in [0.3, 0.4) is 0 Å². The number of allylic oxidation sites excluding steroid dienone is 1. The number of amides is 1. The molecule has 1 aromatic rings. The molecule has 0 bridgehead atoms. The molecule has 1 amide bonds. The van der Waals surface area contributed by atoms with Crippen molar-refractivity contribution in [3.63, 3.8) is 0 Å². The van der Waals surface area contributed by atoms with E-state index in [1.807, 2.05) is 0 Å². The minimum absolute atomic E-state index is 0.00437. The van der Waals surface area contributed by atoms with E-state index < -0.39 is 15.9 Å². The molecule has 23 heavy (non-hydrogen) atoms. The topological polar surface area (TPSA) is 98.5 Å². The van der Waals surface area contributed by atoms with E-state index in [0.717, 1.165) is 12.8 Å². The lowest BCUT2D eigenvalue weighted by Crippen LogP contribution is -2.26. The predicted molar refractivity (Wildman–Crippen MR) is 87.9 cm³/mol. The molecule has 126 valence electrons. The van der Waals surface area contributed by atoms with Crippen LogP contribution in [0.5, 0.6) is 5.75 Å². The van der Waals surface area contributed by atoms with Crippen molar-refractivity contribution in [2.75, 3.05) is 13.7 Å². The van der Waals surface area contributed by atoms with Gasteiger partial charge in [0.05, 0.1) is 17.6 Å². The molecule has 0 heterocycles. The summed E-state index contributed by atoms with van der Waals surface area (Å²) in [5, 5.41) is 0. The average molecular weight is 338 g/mol. The second-order valence-electron chi connectivity index (χ2n) is 5.48. The lowest BCUT2D eigenvalue weighted by Gasteiger charge is -2.13. The molecule has 0 saturated carbocycles. The Morgan fingerprint density at radius 1 is 1.35 bits per heavy atom. The molecule has 0 unspecified atom stereocenters. The highest BCUT2D eigenvalue weighted by Crippen LogP contribution is 2.23. The van der Waals surface area contributed by atoms with Crippen molar-refractivity contribution < 1.29 is 17.9 Å². The van der Waals surface area contributed by atoms with Gasteiger partial charge in [-0.3, -0.25) is 4.79 Å². The van der Waals surface area contributed by atoms with E-state index in [1.54, 1.807) is 0 Å². The highest BCUT2D eigenvalue weighted by atomic mass is 32.2. The highest BCUT2D eigenvalue weighted by Gasteiger charge is 2.18. The minimum Gasteiger partial charge on any atom is -0.496 e. The Bertz CT molecular complexity index is 711. The maximum atomic E-state index is 12.3. The third-order valence-corrected chi connectivity index (χ3v) is 5.33. The van der Waals surface area contributed by atoms with Crippen molar-refractivity contribution in [1.29, 1.82) is 0 Å². The van der Waals surface area contributed by atoms with Crippen LogP contribution in [0.15, 0.2) is 34.7 Å². The first-order valence-corrected chi connectivity index (χ1v) is 9.08. The fraction of sp³-hybridized carbons (Fsp3) is 0.438. The Morgan fingerprint density at radius 2 is 2.13 bits per heavy atom. The summed E-state index contributed by atoms with van der Waals surface area (Å²) in [4.78, 5) is 11.4. The van der Waals surface area contributed by atoms with E-state index in [-0.39, 0.29) is 16.2 Å². The van der Waals surface area contributed by atoms with Crippen LogP contribution in [-0.4, -0.2) is 28.0 Å². The van der Waals surface area contributed by atoms with E-state index in [1.165, 1.54) is 43.7 Å². The van der Waals surface area contributed by atoms with Crippen LogP contribution in [0.2, 0.25) is 0 Å². The van der Waals surface area contributed by atoms with Crippen LogP contribution in [-0.2, 0) is 10.0 Å². The quantitative estimate of drug-likeness (QED) is 0.743. The number of hydrogen-bond acceptors (Lipinski definition) is 4. The summed E-state index contributed by atoms with van der Waals surface area (Å²) in [7, 11) is -2.29. The van der Waals surface area contributed by atoms with Crippen LogP contribution in [0.25, 0.3) is 0 Å². The number of rotatable bonds is 7. The van der Waals surface area contributed by atoms with E-state index >= 15 is 0 Å². The average Bonchev–Trinajstić information content (AvgIpc) is 2.55. The highest BCUT2D eigenvalue weighted by molar-refractivity contribution is 7.89. The van der Waals surface area contributed by atoms with Crippen molar-refractivity contribution in [3.8, 4) is 5.75 Å². The van der Waals surface area contributed by atoms with Gasteiger partial charge in [-0.1, -0.05) is 11.6 Å². The number of primary amides is 1. The van der Waals surface area contributed by atoms with E-state index in [9.17, 15) is 13.2 Å². The fourth-order valence-corrected chi connectivity index (χ4v) is 3.67. The molecule has 0 spiro atoms. The number of benzene rings is 1. The van der Waals surface area contributed by atoms with Crippen molar-refractivity contribution in [2.45, 2.75) is 37.0 Å². The maximum Gasteiger partial charge on any atom is 0.252 e. The fourth-order valence-electron chi connectivity index (χ4n) is 2.61. The summed E-state index contributed by atoms with van der Waals surface area (Å²) < 4.78 is 32.2. The largest absolute Gasteiger partial charge is 0.496 e. The standard InChI is InChI=1S/C16H22N2O4S/c1-22-15-8-7-13(11-14(15)16(17)19)23(20,21)18-10-9-12-5-3-2-4-6-12/h5,7-8,11,18H,2-4,6,9-10H2,1H3,(H2,17,19). The molecule has 2 rings (SSSR count).